The van der Waals surface area contributed by atoms with Crippen LogP contribution in [-0.4, -0.2) is 33.3 Å². The predicted molar refractivity (Wildman–Crippen MR) is 102 cm³/mol. The molecule has 1 aromatic heterocycles. The molecule has 0 radical (unpaired) electrons. The molecule has 0 bridgehead atoms. The van der Waals surface area contributed by atoms with Crippen LogP contribution < -0.4 is 10.2 Å². The lowest BCUT2D eigenvalue weighted by Gasteiger charge is -2.29. The summed E-state index contributed by atoms with van der Waals surface area (Å²) in [6, 6.07) is 8.03. The Morgan fingerprint density at radius 2 is 2.00 bits per heavy atom. The molecule has 7 heteroatoms. The minimum atomic E-state index is -0.150. The molecule has 1 unspecified atom stereocenters. The van der Waals surface area contributed by atoms with Crippen LogP contribution in [0.1, 0.15) is 57.0 Å². The number of aromatic amines is 1. The van der Waals surface area contributed by atoms with Crippen LogP contribution in [0, 0.1) is 0 Å². The zero-order valence-electron chi connectivity index (χ0n) is 15.2. The van der Waals surface area contributed by atoms with E-state index in [1.165, 1.54) is 0 Å². The zero-order chi connectivity index (χ0) is 17.9. The number of nitrogens with zero attached hydrogens (tertiary/aromatic N) is 4. The average Bonchev–Trinajstić information content (AvgIpc) is 3.30. The molecule has 2 aliphatic heterocycles. The van der Waals surface area contributed by atoms with E-state index in [1.807, 2.05) is 29.3 Å². The number of hydrogen-bond acceptors (Lipinski definition) is 6. The quantitative estimate of drug-likeness (QED) is 0.796. The lowest BCUT2D eigenvalue weighted by Crippen LogP contribution is -2.44. The van der Waals surface area contributed by atoms with E-state index >= 15 is 0 Å². The summed E-state index contributed by atoms with van der Waals surface area (Å²) in [5, 5.41) is 2.02. The number of unbranched alkanes of at least 4 members (excludes halogenated alkanes) is 1. The molecule has 0 spiro atoms. The number of amidine groups is 2. The van der Waals surface area contributed by atoms with Crippen molar-refractivity contribution < 1.29 is 4.74 Å². The number of fused-ring (bicyclic) bond motifs is 3. The van der Waals surface area contributed by atoms with Gasteiger partial charge in [-0.25, -0.2) is 20.0 Å². The summed E-state index contributed by atoms with van der Waals surface area (Å²) < 4.78 is 5.68. The second kappa shape index (κ2) is 7.19. The Bertz CT molecular complexity index is 823. The van der Waals surface area contributed by atoms with Crippen molar-refractivity contribution in [3.05, 3.63) is 41.9 Å². The molecule has 1 atom stereocenters. The van der Waals surface area contributed by atoms with Crippen molar-refractivity contribution in [2.75, 3.05) is 6.61 Å². The third-order valence-corrected chi connectivity index (χ3v) is 4.47. The molecule has 2 N–H and O–H groups in total. The van der Waals surface area contributed by atoms with Gasteiger partial charge in [0.25, 0.3) is 0 Å². The molecule has 7 nitrogen and oxygen atoms in total. The highest BCUT2D eigenvalue weighted by Crippen LogP contribution is 2.36. The molecule has 26 heavy (non-hydrogen) atoms. The Labute approximate surface area is 153 Å². The van der Waals surface area contributed by atoms with Gasteiger partial charge < -0.3 is 9.72 Å². The van der Waals surface area contributed by atoms with Crippen LogP contribution in [0.4, 0.5) is 5.82 Å². The Kier molecular flexibility index (Phi) is 4.60. The molecule has 0 saturated carbocycles. The molecule has 4 rings (SSSR count). The maximum absolute atomic E-state index is 5.68. The fourth-order valence-corrected chi connectivity index (χ4v) is 3.12. The average molecular weight is 352 g/mol. The van der Waals surface area contributed by atoms with Gasteiger partial charge in [-0.05, 0) is 37.1 Å². The first-order valence-electron chi connectivity index (χ1n) is 9.28. The van der Waals surface area contributed by atoms with E-state index in [2.05, 4.69) is 29.2 Å². The minimum Gasteiger partial charge on any atom is -0.494 e. The van der Waals surface area contributed by atoms with Gasteiger partial charge in [-0.15, -0.1) is 0 Å². The number of ether oxygens (including phenoxy) is 1. The number of nitrogens with one attached hydrogen (secondary N) is 2. The third-order valence-electron chi connectivity index (χ3n) is 4.47. The topological polar surface area (TPSA) is 77.9 Å². The van der Waals surface area contributed by atoms with Crippen molar-refractivity contribution in [2.45, 2.75) is 45.7 Å². The van der Waals surface area contributed by atoms with Gasteiger partial charge in [0, 0.05) is 12.0 Å². The van der Waals surface area contributed by atoms with Crippen LogP contribution in [0.5, 0.6) is 5.75 Å². The van der Waals surface area contributed by atoms with Gasteiger partial charge in [-0.1, -0.05) is 20.3 Å². The molecule has 0 saturated heterocycles. The number of aliphatic imine (C=N–C) groups is 2. The number of imidazole rings is 1. The summed E-state index contributed by atoms with van der Waals surface area (Å²) in [5.41, 5.74) is 5.36. The van der Waals surface area contributed by atoms with Crippen molar-refractivity contribution in [1.82, 2.24) is 20.4 Å². The number of aromatic nitrogens is 2. The maximum Gasteiger partial charge on any atom is 0.187 e. The van der Waals surface area contributed by atoms with E-state index in [-0.39, 0.29) is 6.17 Å². The Morgan fingerprint density at radius 1 is 1.15 bits per heavy atom. The summed E-state index contributed by atoms with van der Waals surface area (Å²) in [7, 11) is 0. The number of hydrazine groups is 1. The molecule has 0 aliphatic carbocycles. The highest BCUT2D eigenvalue weighted by atomic mass is 16.5. The van der Waals surface area contributed by atoms with Crippen molar-refractivity contribution >= 4 is 17.5 Å². The molecular weight excluding hydrogens is 328 g/mol. The SMILES string of the molecule is CCCCC1=NC2c3[nH]cnc3N=C(c3ccc(OCCC)cc3)N2N1. The Balaban J connectivity index is 1.62. The van der Waals surface area contributed by atoms with Crippen LogP contribution in [0.15, 0.2) is 40.6 Å². The fraction of sp³-hybridized carbons (Fsp3) is 0.421. The van der Waals surface area contributed by atoms with Crippen LogP contribution in [0.3, 0.4) is 0 Å². The fourth-order valence-electron chi connectivity index (χ4n) is 3.12. The van der Waals surface area contributed by atoms with Gasteiger partial charge in [-0.2, -0.15) is 0 Å². The Hall–Kier alpha value is -2.83. The monoisotopic (exact) mass is 352 g/mol. The first-order valence-corrected chi connectivity index (χ1v) is 9.28. The second-order valence-corrected chi connectivity index (χ2v) is 6.48. The van der Waals surface area contributed by atoms with Crippen LogP contribution in [0.25, 0.3) is 0 Å². The van der Waals surface area contributed by atoms with Crippen LogP contribution in [-0.2, 0) is 0 Å². The lowest BCUT2D eigenvalue weighted by atomic mass is 10.1. The molecule has 136 valence electrons. The van der Waals surface area contributed by atoms with E-state index in [4.69, 9.17) is 14.7 Å². The molecule has 0 amide bonds. The van der Waals surface area contributed by atoms with E-state index in [9.17, 15) is 0 Å². The normalized spacial score (nSPS) is 17.9. The third kappa shape index (κ3) is 3.05. The van der Waals surface area contributed by atoms with Crippen molar-refractivity contribution in [3.63, 3.8) is 0 Å². The highest BCUT2D eigenvalue weighted by Gasteiger charge is 2.37. The van der Waals surface area contributed by atoms with Crippen molar-refractivity contribution in [1.29, 1.82) is 0 Å². The molecule has 0 fully saturated rings. The summed E-state index contributed by atoms with van der Waals surface area (Å²) >= 11 is 0. The van der Waals surface area contributed by atoms with Gasteiger partial charge >= 0.3 is 0 Å². The van der Waals surface area contributed by atoms with E-state index in [0.29, 0.717) is 5.82 Å². The predicted octanol–water partition coefficient (Wildman–Crippen LogP) is 3.70. The van der Waals surface area contributed by atoms with Crippen LogP contribution in [0.2, 0.25) is 0 Å². The van der Waals surface area contributed by atoms with Crippen LogP contribution >= 0.6 is 0 Å². The molecule has 3 heterocycles. The summed E-state index contributed by atoms with van der Waals surface area (Å²) in [4.78, 5) is 17.1. The van der Waals surface area contributed by atoms with Gasteiger partial charge in [-0.3, -0.25) is 5.43 Å². The summed E-state index contributed by atoms with van der Waals surface area (Å²) in [5.74, 6) is 3.40. The Morgan fingerprint density at radius 3 is 2.77 bits per heavy atom. The van der Waals surface area contributed by atoms with Gasteiger partial charge in [0.1, 0.15) is 17.3 Å². The van der Waals surface area contributed by atoms with Crippen molar-refractivity contribution in [2.24, 2.45) is 9.98 Å². The maximum atomic E-state index is 5.68. The smallest absolute Gasteiger partial charge is 0.187 e. The van der Waals surface area contributed by atoms with E-state index < -0.39 is 0 Å². The minimum absolute atomic E-state index is 0.150. The highest BCUT2D eigenvalue weighted by molar-refractivity contribution is 6.03. The zero-order valence-corrected chi connectivity index (χ0v) is 15.2. The largest absolute Gasteiger partial charge is 0.494 e. The molecular formula is C19H24N6O. The molecule has 2 aromatic rings. The number of benzene rings is 1. The molecule has 2 aliphatic rings. The summed E-state index contributed by atoms with van der Waals surface area (Å²) in [6.07, 6.45) is 5.70. The van der Waals surface area contributed by atoms with Gasteiger partial charge in [0.15, 0.2) is 17.8 Å². The van der Waals surface area contributed by atoms with Gasteiger partial charge in [0.05, 0.1) is 12.9 Å². The standard InChI is InChI=1S/C19H24N6O/c1-3-5-6-15-22-19-16-17(21-12-20-16)23-18(25(19)24-15)13-7-9-14(10-8-13)26-11-4-2/h7-10,12,19H,3-6,11H2,1-2H3,(H,20,21)(H,22,24). The first kappa shape index (κ1) is 16.6. The lowest BCUT2D eigenvalue weighted by molar-refractivity contribution is 0.310. The number of hydrogen-bond donors (Lipinski definition) is 2. The van der Waals surface area contributed by atoms with E-state index in [0.717, 1.165) is 61.0 Å². The van der Waals surface area contributed by atoms with Crippen molar-refractivity contribution in [3.8, 4) is 5.75 Å². The second-order valence-electron chi connectivity index (χ2n) is 6.48. The summed E-state index contributed by atoms with van der Waals surface area (Å²) in [6.45, 7) is 5.01. The number of H-pyrrole nitrogens is 1. The first-order chi connectivity index (χ1) is 12.8. The molecule has 1 aromatic carbocycles. The van der Waals surface area contributed by atoms with Gasteiger partial charge in [0.2, 0.25) is 0 Å². The van der Waals surface area contributed by atoms with E-state index in [1.54, 1.807) is 6.33 Å². The number of rotatable bonds is 7.